The molecule has 0 saturated heterocycles. The average molecular weight is 470 g/mol. The number of para-hydroxylation sites is 1. The Kier molecular flexibility index (Phi) is 9.18. The third-order valence-corrected chi connectivity index (χ3v) is 4.39. The van der Waals surface area contributed by atoms with Gasteiger partial charge in [0.05, 0.1) is 5.69 Å². The third kappa shape index (κ3) is 9.21. The molecule has 0 aliphatic rings. The molecule has 2 amide bonds. The smallest absolute Gasteiger partial charge is 0.420 e. The molecule has 0 radical (unpaired) electrons. The topological polar surface area (TPSA) is 97.8 Å². The van der Waals surface area contributed by atoms with Crippen molar-refractivity contribution in [1.82, 2.24) is 10.3 Å². The van der Waals surface area contributed by atoms with Crippen LogP contribution < -0.4 is 10.2 Å². The zero-order valence-corrected chi connectivity index (χ0v) is 20.9. The Morgan fingerprint density at radius 3 is 2.09 bits per heavy atom. The number of nitrogens with zero attached hydrogens (tertiary/aromatic N) is 2. The zero-order valence-electron chi connectivity index (χ0n) is 20.9. The van der Waals surface area contributed by atoms with Crippen molar-refractivity contribution < 1.29 is 23.9 Å². The van der Waals surface area contributed by atoms with E-state index in [0.29, 0.717) is 42.9 Å². The number of alkyl carbamates (subject to hydrolysis) is 1. The number of hydrogen-bond acceptors (Lipinski definition) is 6. The molecule has 0 saturated carbocycles. The van der Waals surface area contributed by atoms with E-state index in [1.807, 2.05) is 18.2 Å². The number of benzene rings is 1. The van der Waals surface area contributed by atoms with Gasteiger partial charge < -0.3 is 14.8 Å². The molecule has 2 rings (SSSR count). The number of ether oxygens (including phenoxy) is 2. The van der Waals surface area contributed by atoms with E-state index in [4.69, 9.17) is 9.47 Å². The van der Waals surface area contributed by atoms with Crippen LogP contribution in [0.2, 0.25) is 0 Å². The Morgan fingerprint density at radius 1 is 0.882 bits per heavy atom. The van der Waals surface area contributed by atoms with E-state index in [-0.39, 0.29) is 5.78 Å². The molecule has 0 aliphatic carbocycles. The van der Waals surface area contributed by atoms with Crippen LogP contribution in [0, 0.1) is 0 Å². The van der Waals surface area contributed by atoms with E-state index in [1.54, 1.807) is 65.8 Å². The standard InChI is InChI=1S/C26H35N3O5/c1-25(2,3)33-23(31)27-17-11-10-14-21(30)19-15-16-22(28-18-19)29(20-12-8-7-9-13-20)24(32)34-26(4,5)6/h7-9,12-13,15-16,18H,10-11,14,17H2,1-6H3,(H,27,31). The summed E-state index contributed by atoms with van der Waals surface area (Å²) in [5.41, 5.74) is -0.140. The van der Waals surface area contributed by atoms with Gasteiger partial charge in [0, 0.05) is 24.7 Å². The number of anilines is 2. The summed E-state index contributed by atoms with van der Waals surface area (Å²) in [5, 5.41) is 2.68. The van der Waals surface area contributed by atoms with Gasteiger partial charge in [-0.3, -0.25) is 4.79 Å². The van der Waals surface area contributed by atoms with Gasteiger partial charge in [-0.1, -0.05) is 18.2 Å². The molecular formula is C26H35N3O5. The molecule has 1 heterocycles. The average Bonchev–Trinajstić information content (AvgIpc) is 2.72. The molecule has 0 aliphatic heterocycles. The molecule has 1 aromatic carbocycles. The number of Topliss-reactive ketones (excluding diaryl/α,β-unsaturated/α-hetero) is 1. The van der Waals surface area contributed by atoms with Gasteiger partial charge >= 0.3 is 12.2 Å². The van der Waals surface area contributed by atoms with Crippen molar-refractivity contribution in [2.75, 3.05) is 11.4 Å². The van der Waals surface area contributed by atoms with Crippen molar-refractivity contribution in [2.45, 2.75) is 72.0 Å². The summed E-state index contributed by atoms with van der Waals surface area (Å²) < 4.78 is 10.7. The van der Waals surface area contributed by atoms with E-state index in [1.165, 1.54) is 11.1 Å². The highest BCUT2D eigenvalue weighted by Gasteiger charge is 2.26. The molecule has 2 aromatic rings. The normalized spacial score (nSPS) is 11.5. The van der Waals surface area contributed by atoms with Gasteiger partial charge in [0.1, 0.15) is 17.0 Å². The minimum atomic E-state index is -0.668. The first kappa shape index (κ1) is 26.8. The number of hydrogen-bond donors (Lipinski definition) is 1. The van der Waals surface area contributed by atoms with Crippen molar-refractivity contribution in [2.24, 2.45) is 0 Å². The molecule has 8 heteroatoms. The van der Waals surface area contributed by atoms with Crippen molar-refractivity contribution in [3.05, 3.63) is 54.2 Å². The molecule has 1 aromatic heterocycles. The fourth-order valence-corrected chi connectivity index (χ4v) is 2.96. The second-order valence-electron chi connectivity index (χ2n) is 9.87. The number of nitrogens with one attached hydrogen (secondary N) is 1. The Balaban J connectivity index is 1.97. The lowest BCUT2D eigenvalue weighted by molar-refractivity contribution is 0.0525. The largest absolute Gasteiger partial charge is 0.444 e. The van der Waals surface area contributed by atoms with Gasteiger partial charge in [0.15, 0.2) is 5.78 Å². The van der Waals surface area contributed by atoms with Crippen molar-refractivity contribution in [3.63, 3.8) is 0 Å². The lowest BCUT2D eigenvalue weighted by atomic mass is 10.1. The lowest BCUT2D eigenvalue weighted by Crippen LogP contribution is -2.34. The Bertz CT molecular complexity index is 961. The van der Waals surface area contributed by atoms with Crippen LogP contribution in [0.1, 0.15) is 71.2 Å². The quantitative estimate of drug-likeness (QED) is 0.374. The van der Waals surface area contributed by atoms with Crippen LogP contribution in [0.15, 0.2) is 48.7 Å². The van der Waals surface area contributed by atoms with Gasteiger partial charge in [0.2, 0.25) is 0 Å². The highest BCUT2D eigenvalue weighted by molar-refractivity contribution is 5.97. The maximum atomic E-state index is 12.9. The summed E-state index contributed by atoms with van der Waals surface area (Å²) in [4.78, 5) is 42.8. The van der Waals surface area contributed by atoms with Crippen LogP contribution in [-0.2, 0) is 9.47 Å². The minimum absolute atomic E-state index is 0.0557. The molecule has 8 nitrogen and oxygen atoms in total. The van der Waals surface area contributed by atoms with E-state index < -0.39 is 23.4 Å². The number of rotatable bonds is 8. The first-order valence-electron chi connectivity index (χ1n) is 11.4. The van der Waals surface area contributed by atoms with Crippen molar-refractivity contribution in [1.29, 1.82) is 0 Å². The second kappa shape index (κ2) is 11.6. The first-order valence-corrected chi connectivity index (χ1v) is 11.4. The van der Waals surface area contributed by atoms with Crippen LogP contribution in [0.25, 0.3) is 0 Å². The number of carbonyl (C=O) groups excluding carboxylic acids is 3. The number of ketones is 1. The summed E-state index contributed by atoms with van der Waals surface area (Å²) in [7, 11) is 0. The van der Waals surface area contributed by atoms with E-state index in [9.17, 15) is 14.4 Å². The second-order valence-corrected chi connectivity index (χ2v) is 9.87. The fourth-order valence-electron chi connectivity index (χ4n) is 2.96. The molecule has 1 N–H and O–H groups in total. The molecule has 0 fully saturated rings. The summed E-state index contributed by atoms with van der Waals surface area (Å²) in [6.07, 6.45) is 2.04. The maximum absolute atomic E-state index is 12.9. The molecule has 0 bridgehead atoms. The van der Waals surface area contributed by atoms with Gasteiger partial charge in [0.25, 0.3) is 0 Å². The number of pyridine rings is 1. The summed E-state index contributed by atoms with van der Waals surface area (Å²) in [6, 6.07) is 12.4. The SMILES string of the molecule is CC(C)(C)OC(=O)NCCCCC(=O)c1ccc(N(C(=O)OC(C)(C)C)c2ccccc2)nc1. The summed E-state index contributed by atoms with van der Waals surface area (Å²) >= 11 is 0. The monoisotopic (exact) mass is 469 g/mol. The summed E-state index contributed by atoms with van der Waals surface area (Å²) in [5.74, 6) is 0.304. The van der Waals surface area contributed by atoms with Crippen LogP contribution >= 0.6 is 0 Å². The van der Waals surface area contributed by atoms with Gasteiger partial charge in [-0.15, -0.1) is 0 Å². The first-order chi connectivity index (χ1) is 15.9. The van der Waals surface area contributed by atoms with Crippen LogP contribution in [-0.4, -0.2) is 40.7 Å². The highest BCUT2D eigenvalue weighted by atomic mass is 16.6. The third-order valence-electron chi connectivity index (χ3n) is 4.39. The van der Waals surface area contributed by atoms with E-state index in [0.717, 1.165) is 0 Å². The number of amides is 2. The molecule has 34 heavy (non-hydrogen) atoms. The van der Waals surface area contributed by atoms with Gasteiger partial charge in [-0.05, 0) is 78.6 Å². The number of aromatic nitrogens is 1. The van der Waals surface area contributed by atoms with Crippen LogP contribution in [0.5, 0.6) is 0 Å². The maximum Gasteiger partial charge on any atom is 0.420 e. The van der Waals surface area contributed by atoms with Crippen LogP contribution in [0.4, 0.5) is 21.1 Å². The van der Waals surface area contributed by atoms with Crippen molar-refractivity contribution >= 4 is 29.5 Å². The van der Waals surface area contributed by atoms with Crippen LogP contribution in [0.3, 0.4) is 0 Å². The molecule has 0 unspecified atom stereocenters. The zero-order chi connectivity index (χ0) is 25.4. The number of unbranched alkanes of at least 4 members (excludes halogenated alkanes) is 1. The van der Waals surface area contributed by atoms with E-state index >= 15 is 0 Å². The summed E-state index contributed by atoms with van der Waals surface area (Å²) in [6.45, 7) is 11.2. The molecule has 184 valence electrons. The van der Waals surface area contributed by atoms with Gasteiger partial charge in [-0.2, -0.15) is 0 Å². The Labute approximate surface area is 201 Å². The Morgan fingerprint density at radius 2 is 1.53 bits per heavy atom. The molecule has 0 spiro atoms. The van der Waals surface area contributed by atoms with E-state index in [2.05, 4.69) is 10.3 Å². The predicted octanol–water partition coefficient (Wildman–Crippen LogP) is 6.03. The molecule has 0 atom stereocenters. The van der Waals surface area contributed by atoms with Crippen molar-refractivity contribution in [3.8, 4) is 0 Å². The fraction of sp³-hybridized carbons (Fsp3) is 0.462. The Hall–Kier alpha value is -3.42. The lowest BCUT2D eigenvalue weighted by Gasteiger charge is -2.26. The van der Waals surface area contributed by atoms with Gasteiger partial charge in [-0.25, -0.2) is 19.5 Å². The minimum Gasteiger partial charge on any atom is -0.444 e. The molecular weight excluding hydrogens is 434 g/mol. The number of carbonyl (C=O) groups is 3. The highest BCUT2D eigenvalue weighted by Crippen LogP contribution is 2.26. The predicted molar refractivity (Wildman–Crippen MR) is 131 cm³/mol.